The van der Waals surface area contributed by atoms with Gasteiger partial charge in [0.2, 0.25) is 0 Å². The summed E-state index contributed by atoms with van der Waals surface area (Å²) in [7, 11) is 0. The van der Waals surface area contributed by atoms with Crippen LogP contribution < -0.4 is 10.5 Å². The van der Waals surface area contributed by atoms with Crippen molar-refractivity contribution in [1.29, 1.82) is 0 Å². The summed E-state index contributed by atoms with van der Waals surface area (Å²) in [5, 5.41) is 0.446. The molecule has 0 aliphatic heterocycles. The van der Waals surface area contributed by atoms with Gasteiger partial charge in [0.05, 0.1) is 5.02 Å². The van der Waals surface area contributed by atoms with Gasteiger partial charge in [-0.15, -0.1) is 0 Å². The minimum Gasteiger partial charge on any atom is -0.487 e. The molecule has 0 bridgehead atoms. The molecule has 2 aromatic rings. The van der Waals surface area contributed by atoms with Crippen molar-refractivity contribution >= 4 is 33.2 Å². The van der Waals surface area contributed by atoms with Gasteiger partial charge in [-0.25, -0.2) is 4.39 Å². The van der Waals surface area contributed by atoms with Gasteiger partial charge >= 0.3 is 0 Å². The maximum Gasteiger partial charge on any atom is 0.140 e. The van der Waals surface area contributed by atoms with Gasteiger partial charge in [-0.2, -0.15) is 0 Å². The Kier molecular flexibility index (Phi) is 4.09. The fraction of sp³-hybridized carbons (Fsp3) is 0.0769. The molecule has 2 nitrogen and oxygen atoms in total. The molecule has 0 heterocycles. The Morgan fingerprint density at radius 3 is 2.72 bits per heavy atom. The number of nitrogens with two attached hydrogens (primary N) is 1. The molecule has 0 saturated carbocycles. The zero-order valence-electron chi connectivity index (χ0n) is 9.29. The average molecular weight is 331 g/mol. The molecule has 2 aromatic carbocycles. The first-order valence-electron chi connectivity index (χ1n) is 5.18. The number of hydrogen-bond donors (Lipinski definition) is 1. The van der Waals surface area contributed by atoms with Gasteiger partial charge in [0.25, 0.3) is 0 Å². The van der Waals surface area contributed by atoms with Crippen molar-refractivity contribution in [3.8, 4) is 5.75 Å². The Hall–Kier alpha value is -1.26. The van der Waals surface area contributed by atoms with Crippen LogP contribution in [0.2, 0.25) is 5.02 Å². The summed E-state index contributed by atoms with van der Waals surface area (Å²) in [6.07, 6.45) is 0. The minimum absolute atomic E-state index is 0.0995. The van der Waals surface area contributed by atoms with Crippen LogP contribution in [0, 0.1) is 5.82 Å². The first-order valence-corrected chi connectivity index (χ1v) is 6.35. The normalized spacial score (nSPS) is 10.4. The fourth-order valence-corrected chi connectivity index (χ4v) is 1.93. The molecule has 94 valence electrons. The van der Waals surface area contributed by atoms with Crippen LogP contribution in [-0.4, -0.2) is 0 Å². The van der Waals surface area contributed by atoms with E-state index in [9.17, 15) is 4.39 Å². The Balaban J connectivity index is 2.13. The van der Waals surface area contributed by atoms with Gasteiger partial charge in [0.1, 0.15) is 18.2 Å². The summed E-state index contributed by atoms with van der Waals surface area (Å²) in [5.74, 6) is 0.114. The number of ether oxygens (including phenoxy) is 1. The fourth-order valence-electron chi connectivity index (χ4n) is 1.42. The number of hydrogen-bond acceptors (Lipinski definition) is 2. The molecule has 18 heavy (non-hydrogen) atoms. The van der Waals surface area contributed by atoms with Crippen LogP contribution in [-0.2, 0) is 6.61 Å². The summed E-state index contributed by atoms with van der Waals surface area (Å²) >= 11 is 9.14. The summed E-state index contributed by atoms with van der Waals surface area (Å²) < 4.78 is 19.7. The third-order valence-corrected chi connectivity index (χ3v) is 3.16. The van der Waals surface area contributed by atoms with E-state index < -0.39 is 0 Å². The molecule has 0 spiro atoms. The second-order valence-corrected chi connectivity index (χ2v) is 5.04. The molecule has 0 radical (unpaired) electrons. The van der Waals surface area contributed by atoms with E-state index >= 15 is 0 Å². The highest BCUT2D eigenvalue weighted by Crippen LogP contribution is 2.27. The van der Waals surface area contributed by atoms with Gasteiger partial charge < -0.3 is 10.5 Å². The molecule has 0 aliphatic rings. The monoisotopic (exact) mass is 329 g/mol. The summed E-state index contributed by atoms with van der Waals surface area (Å²) in [4.78, 5) is 0. The number of rotatable bonds is 3. The Labute approximate surface area is 118 Å². The van der Waals surface area contributed by atoms with Crippen LogP contribution in [0.15, 0.2) is 40.9 Å². The molecule has 0 saturated heterocycles. The maximum atomic E-state index is 13.6. The van der Waals surface area contributed by atoms with Crippen LogP contribution in [0.4, 0.5) is 10.1 Å². The van der Waals surface area contributed by atoms with E-state index in [1.54, 1.807) is 30.3 Å². The Morgan fingerprint density at radius 2 is 2.00 bits per heavy atom. The van der Waals surface area contributed by atoms with E-state index in [4.69, 9.17) is 22.1 Å². The van der Waals surface area contributed by atoms with Crippen LogP contribution >= 0.6 is 27.5 Å². The van der Waals surface area contributed by atoms with E-state index in [-0.39, 0.29) is 12.4 Å². The third kappa shape index (κ3) is 3.15. The van der Waals surface area contributed by atoms with E-state index in [1.807, 2.05) is 0 Å². The molecule has 0 aliphatic carbocycles. The van der Waals surface area contributed by atoms with Gasteiger partial charge in [0.15, 0.2) is 0 Å². The van der Waals surface area contributed by atoms with Crippen molar-refractivity contribution in [2.24, 2.45) is 0 Å². The highest BCUT2D eigenvalue weighted by molar-refractivity contribution is 9.10. The smallest absolute Gasteiger partial charge is 0.140 e. The largest absolute Gasteiger partial charge is 0.487 e. The van der Waals surface area contributed by atoms with E-state index in [1.165, 1.54) is 6.07 Å². The predicted molar refractivity (Wildman–Crippen MR) is 74.3 cm³/mol. The predicted octanol–water partition coefficient (Wildman–Crippen LogP) is 4.40. The van der Waals surface area contributed by atoms with Crippen molar-refractivity contribution in [2.45, 2.75) is 6.61 Å². The molecule has 5 heteroatoms. The maximum absolute atomic E-state index is 13.6. The molecular weight excluding hydrogens is 321 g/mol. The first kappa shape index (κ1) is 13.2. The standard InChI is InChI=1S/C13H10BrClFNO/c14-9-2-1-8(12(16)5-9)7-18-13-6-10(17)3-4-11(13)15/h1-6H,7,17H2. The van der Waals surface area contributed by atoms with Crippen molar-refractivity contribution in [3.05, 3.63) is 57.3 Å². The summed E-state index contributed by atoms with van der Waals surface area (Å²) in [6.45, 7) is 0.0995. The van der Waals surface area contributed by atoms with E-state index in [0.717, 1.165) is 0 Å². The molecule has 2 N–H and O–H groups in total. The Bertz CT molecular complexity index is 577. The van der Waals surface area contributed by atoms with Crippen molar-refractivity contribution in [1.82, 2.24) is 0 Å². The summed E-state index contributed by atoms with van der Waals surface area (Å²) in [5.41, 5.74) is 6.63. The minimum atomic E-state index is -0.329. The number of anilines is 1. The van der Waals surface area contributed by atoms with Gasteiger partial charge in [0, 0.05) is 21.8 Å². The number of nitrogen functional groups attached to an aromatic ring is 1. The molecule has 0 unspecified atom stereocenters. The van der Waals surface area contributed by atoms with E-state index in [0.29, 0.717) is 26.5 Å². The van der Waals surface area contributed by atoms with Crippen LogP contribution in [0.3, 0.4) is 0 Å². The third-order valence-electron chi connectivity index (χ3n) is 2.35. The average Bonchev–Trinajstić information content (AvgIpc) is 2.32. The second-order valence-electron chi connectivity index (χ2n) is 3.71. The lowest BCUT2D eigenvalue weighted by Crippen LogP contribution is -1.99. The molecule has 0 aromatic heterocycles. The van der Waals surface area contributed by atoms with Crippen molar-refractivity contribution in [2.75, 3.05) is 5.73 Å². The van der Waals surface area contributed by atoms with Gasteiger partial charge in [-0.05, 0) is 24.3 Å². The van der Waals surface area contributed by atoms with Gasteiger partial charge in [-0.1, -0.05) is 33.6 Å². The molecule has 0 amide bonds. The lowest BCUT2D eigenvalue weighted by Gasteiger charge is -2.09. The van der Waals surface area contributed by atoms with Crippen LogP contribution in [0.25, 0.3) is 0 Å². The highest BCUT2D eigenvalue weighted by atomic mass is 79.9. The Morgan fingerprint density at radius 1 is 1.22 bits per heavy atom. The lowest BCUT2D eigenvalue weighted by atomic mass is 10.2. The number of benzene rings is 2. The summed E-state index contributed by atoms with van der Waals surface area (Å²) in [6, 6.07) is 9.72. The highest BCUT2D eigenvalue weighted by Gasteiger charge is 2.06. The SMILES string of the molecule is Nc1ccc(Cl)c(OCc2ccc(Br)cc2F)c1. The zero-order valence-corrected chi connectivity index (χ0v) is 11.6. The topological polar surface area (TPSA) is 35.2 Å². The first-order chi connectivity index (χ1) is 8.56. The van der Waals surface area contributed by atoms with Crippen LogP contribution in [0.5, 0.6) is 5.75 Å². The molecular formula is C13H10BrClFNO. The molecule has 2 rings (SSSR count). The quantitative estimate of drug-likeness (QED) is 0.846. The van der Waals surface area contributed by atoms with Crippen molar-refractivity contribution < 1.29 is 9.13 Å². The number of halogens is 3. The van der Waals surface area contributed by atoms with Crippen LogP contribution in [0.1, 0.15) is 5.56 Å². The van der Waals surface area contributed by atoms with Crippen molar-refractivity contribution in [3.63, 3.8) is 0 Å². The lowest BCUT2D eigenvalue weighted by molar-refractivity contribution is 0.300. The molecule has 0 atom stereocenters. The van der Waals surface area contributed by atoms with Gasteiger partial charge in [-0.3, -0.25) is 0 Å². The van der Waals surface area contributed by atoms with E-state index in [2.05, 4.69) is 15.9 Å². The second kappa shape index (κ2) is 5.59. The molecule has 0 fully saturated rings. The zero-order chi connectivity index (χ0) is 13.1.